The van der Waals surface area contributed by atoms with Crippen LogP contribution in [0.3, 0.4) is 0 Å². The molecule has 22 heavy (non-hydrogen) atoms. The highest BCUT2D eigenvalue weighted by Gasteiger charge is 2.27. The third-order valence-electron chi connectivity index (χ3n) is 3.25. The molecule has 0 amide bonds. The molecule has 0 unspecified atom stereocenters. The molecule has 0 bridgehead atoms. The minimum atomic E-state index is -0.929. The van der Waals surface area contributed by atoms with Crippen molar-refractivity contribution in [3.05, 3.63) is 56.2 Å². The van der Waals surface area contributed by atoms with Crippen molar-refractivity contribution < 1.29 is 4.79 Å². The molecule has 0 aliphatic carbocycles. The third-order valence-corrected chi connectivity index (χ3v) is 4.90. The molecule has 0 fully saturated rings. The standard InChI is InChI=1S/C16H10Cl2N2OS/c17-13-4-3-10(6-14(13)18)12(11(8-19)9-20)7-15(21)16-2-1-5-22-16/h1-6,11-12H,7H2/t12-/m1/s1. The van der Waals surface area contributed by atoms with E-state index in [1.807, 2.05) is 17.5 Å². The maximum atomic E-state index is 12.3. The fraction of sp³-hybridized carbons (Fsp3) is 0.188. The van der Waals surface area contributed by atoms with E-state index in [-0.39, 0.29) is 12.2 Å². The largest absolute Gasteiger partial charge is 0.293 e. The molecule has 0 saturated carbocycles. The number of ketones is 1. The van der Waals surface area contributed by atoms with E-state index in [9.17, 15) is 15.3 Å². The lowest BCUT2D eigenvalue weighted by molar-refractivity contribution is 0.0975. The molecule has 1 atom stereocenters. The quantitative estimate of drug-likeness (QED) is 0.708. The first-order chi connectivity index (χ1) is 10.6. The highest BCUT2D eigenvalue weighted by Crippen LogP contribution is 2.33. The topological polar surface area (TPSA) is 64.7 Å². The summed E-state index contributed by atoms with van der Waals surface area (Å²) in [5.41, 5.74) is 0.660. The van der Waals surface area contributed by atoms with Gasteiger partial charge in [-0.05, 0) is 29.1 Å². The number of carbonyl (C=O) groups is 1. The van der Waals surface area contributed by atoms with Gasteiger partial charge in [-0.3, -0.25) is 4.79 Å². The number of nitrogens with zero attached hydrogens (tertiary/aromatic N) is 2. The fourth-order valence-corrected chi connectivity index (χ4v) is 3.10. The van der Waals surface area contributed by atoms with Gasteiger partial charge in [0, 0.05) is 12.3 Å². The highest BCUT2D eigenvalue weighted by atomic mass is 35.5. The van der Waals surface area contributed by atoms with Crippen molar-refractivity contribution in [2.24, 2.45) is 5.92 Å². The Morgan fingerprint density at radius 1 is 1.18 bits per heavy atom. The van der Waals surface area contributed by atoms with Crippen molar-refractivity contribution in [2.75, 3.05) is 0 Å². The number of benzene rings is 1. The van der Waals surface area contributed by atoms with Gasteiger partial charge in [-0.2, -0.15) is 10.5 Å². The van der Waals surface area contributed by atoms with Gasteiger partial charge in [0.05, 0.1) is 27.1 Å². The van der Waals surface area contributed by atoms with Crippen LogP contribution in [0.2, 0.25) is 10.0 Å². The Kier molecular flexibility index (Phi) is 5.57. The monoisotopic (exact) mass is 348 g/mol. The summed E-state index contributed by atoms with van der Waals surface area (Å²) in [4.78, 5) is 12.9. The average Bonchev–Trinajstić information content (AvgIpc) is 3.04. The van der Waals surface area contributed by atoms with E-state index in [0.29, 0.717) is 20.5 Å². The maximum Gasteiger partial charge on any atom is 0.173 e. The summed E-state index contributed by atoms with van der Waals surface area (Å²) in [7, 11) is 0. The van der Waals surface area contributed by atoms with Gasteiger partial charge in [0.2, 0.25) is 0 Å². The van der Waals surface area contributed by atoms with Gasteiger partial charge < -0.3 is 0 Å². The minimum Gasteiger partial charge on any atom is -0.293 e. The maximum absolute atomic E-state index is 12.3. The molecular formula is C16H10Cl2N2OS. The molecule has 0 aliphatic rings. The van der Waals surface area contributed by atoms with E-state index in [1.54, 1.807) is 30.3 Å². The van der Waals surface area contributed by atoms with Gasteiger partial charge in [0.25, 0.3) is 0 Å². The molecule has 0 spiro atoms. The normalized spacial score (nSPS) is 11.7. The molecule has 3 nitrogen and oxygen atoms in total. The first-order valence-corrected chi connectivity index (χ1v) is 8.01. The molecule has 2 rings (SSSR count). The van der Waals surface area contributed by atoms with Crippen molar-refractivity contribution in [1.29, 1.82) is 10.5 Å². The zero-order valence-electron chi connectivity index (χ0n) is 11.3. The summed E-state index contributed by atoms with van der Waals surface area (Å²) in [6, 6.07) is 12.3. The van der Waals surface area contributed by atoms with Crippen LogP contribution in [0.25, 0.3) is 0 Å². The van der Waals surface area contributed by atoms with Crippen molar-refractivity contribution >= 4 is 40.3 Å². The summed E-state index contributed by atoms with van der Waals surface area (Å²) < 4.78 is 0. The number of Topliss-reactive ketones (excluding diaryl/α,β-unsaturated/α-hetero) is 1. The zero-order chi connectivity index (χ0) is 16.1. The molecule has 110 valence electrons. The molecular weight excluding hydrogens is 339 g/mol. The number of thiophene rings is 1. The number of nitriles is 2. The van der Waals surface area contributed by atoms with Crippen LogP contribution < -0.4 is 0 Å². The highest BCUT2D eigenvalue weighted by molar-refractivity contribution is 7.12. The van der Waals surface area contributed by atoms with Crippen molar-refractivity contribution in [1.82, 2.24) is 0 Å². The number of hydrogen-bond donors (Lipinski definition) is 0. The fourth-order valence-electron chi connectivity index (χ4n) is 2.12. The lowest BCUT2D eigenvalue weighted by atomic mass is 9.83. The summed E-state index contributed by atoms with van der Waals surface area (Å²) in [5.74, 6) is -1.57. The van der Waals surface area contributed by atoms with Crippen molar-refractivity contribution in [3.63, 3.8) is 0 Å². The predicted molar refractivity (Wildman–Crippen MR) is 87.2 cm³/mol. The number of rotatable bonds is 5. The molecule has 1 heterocycles. The second kappa shape index (κ2) is 7.42. The SMILES string of the molecule is N#CC(C#N)[C@H](CC(=O)c1cccs1)c1ccc(Cl)c(Cl)c1. The Labute approximate surface area is 142 Å². The van der Waals surface area contributed by atoms with E-state index in [0.717, 1.165) is 0 Å². The van der Waals surface area contributed by atoms with Crippen LogP contribution in [0.15, 0.2) is 35.7 Å². The average molecular weight is 349 g/mol. The number of carbonyl (C=O) groups excluding carboxylic acids is 1. The molecule has 0 aliphatic heterocycles. The van der Waals surface area contributed by atoms with Crippen LogP contribution in [-0.2, 0) is 0 Å². The molecule has 6 heteroatoms. The van der Waals surface area contributed by atoms with Gasteiger partial charge >= 0.3 is 0 Å². The minimum absolute atomic E-state index is 0.0737. The number of hydrogen-bond acceptors (Lipinski definition) is 4. The van der Waals surface area contributed by atoms with Gasteiger partial charge in [-0.15, -0.1) is 11.3 Å². The van der Waals surface area contributed by atoms with Crippen LogP contribution in [0.5, 0.6) is 0 Å². The Morgan fingerprint density at radius 2 is 1.91 bits per heavy atom. The van der Waals surface area contributed by atoms with E-state index < -0.39 is 11.8 Å². The Hall–Kier alpha value is -1.85. The van der Waals surface area contributed by atoms with E-state index in [2.05, 4.69) is 0 Å². The molecule has 1 aromatic heterocycles. The Bertz CT molecular complexity index is 745. The van der Waals surface area contributed by atoms with Gasteiger partial charge in [-0.25, -0.2) is 0 Å². The second-order valence-electron chi connectivity index (χ2n) is 4.62. The van der Waals surface area contributed by atoms with Crippen LogP contribution in [-0.4, -0.2) is 5.78 Å². The van der Waals surface area contributed by atoms with Crippen LogP contribution in [0.4, 0.5) is 0 Å². The third kappa shape index (κ3) is 3.67. The molecule has 0 N–H and O–H groups in total. The second-order valence-corrected chi connectivity index (χ2v) is 6.38. The summed E-state index contributed by atoms with van der Waals surface area (Å²) >= 11 is 13.2. The van der Waals surface area contributed by atoms with Crippen LogP contribution in [0, 0.1) is 28.6 Å². The van der Waals surface area contributed by atoms with Crippen LogP contribution >= 0.6 is 34.5 Å². The summed E-state index contributed by atoms with van der Waals surface area (Å²) in [6.07, 6.45) is 0.0737. The number of halogens is 2. The zero-order valence-corrected chi connectivity index (χ0v) is 13.6. The van der Waals surface area contributed by atoms with Crippen LogP contribution in [0.1, 0.15) is 27.6 Å². The van der Waals surface area contributed by atoms with E-state index >= 15 is 0 Å². The first-order valence-electron chi connectivity index (χ1n) is 6.37. The Balaban J connectivity index is 2.35. The van der Waals surface area contributed by atoms with Crippen molar-refractivity contribution in [3.8, 4) is 12.1 Å². The lowest BCUT2D eigenvalue weighted by Crippen LogP contribution is -2.14. The van der Waals surface area contributed by atoms with E-state index in [4.69, 9.17) is 23.2 Å². The predicted octanol–water partition coefficient (Wildman–Crippen LogP) is 5.07. The lowest BCUT2D eigenvalue weighted by Gasteiger charge is -2.17. The smallest absolute Gasteiger partial charge is 0.173 e. The van der Waals surface area contributed by atoms with E-state index in [1.165, 1.54) is 11.3 Å². The van der Waals surface area contributed by atoms with Crippen molar-refractivity contribution in [2.45, 2.75) is 12.3 Å². The molecule has 2 aromatic rings. The molecule has 0 radical (unpaired) electrons. The summed E-state index contributed by atoms with van der Waals surface area (Å²) in [5, 5.41) is 20.9. The first kappa shape index (κ1) is 16.5. The molecule has 1 aromatic carbocycles. The Morgan fingerprint density at radius 3 is 2.45 bits per heavy atom. The van der Waals surface area contributed by atoms with Gasteiger partial charge in [0.1, 0.15) is 5.92 Å². The summed E-state index contributed by atoms with van der Waals surface area (Å²) in [6.45, 7) is 0. The van der Waals surface area contributed by atoms with Gasteiger partial charge in [0.15, 0.2) is 5.78 Å². The van der Waals surface area contributed by atoms with Gasteiger partial charge in [-0.1, -0.05) is 35.3 Å². The molecule has 0 saturated heterocycles.